The number of carbonyl (C=O) groups is 1. The van der Waals surface area contributed by atoms with Crippen molar-refractivity contribution in [1.29, 1.82) is 0 Å². The highest BCUT2D eigenvalue weighted by Gasteiger charge is 2.41. The molecule has 1 aliphatic rings. The fourth-order valence-corrected chi connectivity index (χ4v) is 2.42. The van der Waals surface area contributed by atoms with Gasteiger partial charge in [-0.1, -0.05) is 48.4 Å². The monoisotopic (exact) mass is 273 g/mol. The molecule has 0 bridgehead atoms. The van der Waals surface area contributed by atoms with E-state index in [9.17, 15) is 4.79 Å². The Labute approximate surface area is 95.0 Å². The van der Waals surface area contributed by atoms with Gasteiger partial charge >= 0.3 is 0 Å². The molecule has 0 aromatic heterocycles. The largest absolute Gasteiger partial charge is 0.341 e. The summed E-state index contributed by atoms with van der Waals surface area (Å²) in [6, 6.07) is 0.0589. The Morgan fingerprint density at radius 1 is 1.50 bits per heavy atom. The average Bonchev–Trinajstić information content (AvgIpc) is 1.93. The van der Waals surface area contributed by atoms with E-state index in [1.807, 2.05) is 6.92 Å². The Morgan fingerprint density at radius 3 is 2.43 bits per heavy atom. The first-order valence-corrected chi connectivity index (χ1v) is 9.20. The van der Waals surface area contributed by atoms with Gasteiger partial charge in [-0.15, -0.1) is 5.54 Å². The first-order chi connectivity index (χ1) is 6.31. The lowest BCUT2D eigenvalue weighted by Gasteiger charge is -2.35. The molecule has 14 heavy (non-hydrogen) atoms. The van der Waals surface area contributed by atoms with E-state index in [2.05, 4.69) is 52.4 Å². The molecule has 1 saturated heterocycles. The standard InChI is InChI=1S/C10H16BrNOSi/c1-7(11)9-8(12-10(9)13)5-6-14(2,3)4/h7-9H,1-4H3,(H,12,13)/t7?,8-,9+/m1/s1. The highest BCUT2D eigenvalue weighted by molar-refractivity contribution is 9.09. The minimum atomic E-state index is -1.32. The first-order valence-electron chi connectivity index (χ1n) is 4.78. The zero-order valence-electron chi connectivity index (χ0n) is 9.02. The third kappa shape index (κ3) is 2.86. The number of hydrogen-bond acceptors (Lipinski definition) is 1. The number of alkyl halides is 1. The van der Waals surface area contributed by atoms with Crippen molar-refractivity contribution in [3.05, 3.63) is 0 Å². The van der Waals surface area contributed by atoms with Gasteiger partial charge in [0.25, 0.3) is 0 Å². The summed E-state index contributed by atoms with van der Waals surface area (Å²) in [5.74, 6) is 3.31. The zero-order chi connectivity index (χ0) is 10.9. The second-order valence-electron chi connectivity index (χ2n) is 4.71. The Kier molecular flexibility index (Phi) is 3.43. The Hall–Kier alpha value is -0.273. The fourth-order valence-electron chi connectivity index (χ4n) is 1.29. The van der Waals surface area contributed by atoms with E-state index >= 15 is 0 Å². The third-order valence-corrected chi connectivity index (χ3v) is 3.52. The molecule has 0 aliphatic carbocycles. The van der Waals surface area contributed by atoms with Gasteiger partial charge in [-0.05, 0) is 0 Å². The van der Waals surface area contributed by atoms with Gasteiger partial charge in [-0.3, -0.25) is 4.79 Å². The van der Waals surface area contributed by atoms with Crippen LogP contribution in [0.25, 0.3) is 0 Å². The quantitative estimate of drug-likeness (QED) is 0.336. The first kappa shape index (κ1) is 11.8. The van der Waals surface area contributed by atoms with E-state index in [0.29, 0.717) is 0 Å². The lowest BCUT2D eigenvalue weighted by Crippen LogP contribution is -2.60. The number of β-lactam (4-membered cyclic amide) rings is 1. The van der Waals surface area contributed by atoms with Gasteiger partial charge in [0.1, 0.15) is 14.1 Å². The maximum absolute atomic E-state index is 11.2. The molecule has 0 radical (unpaired) electrons. The van der Waals surface area contributed by atoms with Crippen LogP contribution in [0.3, 0.4) is 0 Å². The van der Waals surface area contributed by atoms with Crippen LogP contribution >= 0.6 is 15.9 Å². The van der Waals surface area contributed by atoms with Crippen LogP contribution in [0.4, 0.5) is 0 Å². The van der Waals surface area contributed by atoms with Crippen LogP contribution < -0.4 is 5.32 Å². The molecule has 3 atom stereocenters. The predicted molar refractivity (Wildman–Crippen MR) is 64.9 cm³/mol. The van der Waals surface area contributed by atoms with E-state index in [1.165, 1.54) is 0 Å². The number of halogens is 1. The molecule has 78 valence electrons. The van der Waals surface area contributed by atoms with Gasteiger partial charge in [-0.25, -0.2) is 0 Å². The lowest BCUT2D eigenvalue weighted by atomic mass is 9.89. The summed E-state index contributed by atoms with van der Waals surface area (Å²) in [6.07, 6.45) is 0. The molecule has 1 heterocycles. The van der Waals surface area contributed by atoms with Crippen LogP contribution in [-0.4, -0.2) is 24.9 Å². The molecule has 1 N–H and O–H groups in total. The Balaban J connectivity index is 2.63. The van der Waals surface area contributed by atoms with Gasteiger partial charge in [0.05, 0.1) is 5.92 Å². The van der Waals surface area contributed by atoms with Crippen molar-refractivity contribution in [1.82, 2.24) is 5.32 Å². The third-order valence-electron chi connectivity index (χ3n) is 2.06. The highest BCUT2D eigenvalue weighted by Crippen LogP contribution is 2.23. The number of amides is 1. The van der Waals surface area contributed by atoms with E-state index in [1.54, 1.807) is 0 Å². The molecule has 1 unspecified atom stereocenters. The second-order valence-corrected chi connectivity index (χ2v) is 10.9. The number of hydrogen-bond donors (Lipinski definition) is 1. The topological polar surface area (TPSA) is 29.1 Å². The Morgan fingerprint density at radius 2 is 2.07 bits per heavy atom. The van der Waals surface area contributed by atoms with Crippen molar-refractivity contribution in [3.8, 4) is 11.5 Å². The highest BCUT2D eigenvalue weighted by atomic mass is 79.9. The Bertz CT molecular complexity index is 297. The van der Waals surface area contributed by atoms with Crippen LogP contribution in [0.1, 0.15) is 6.92 Å². The normalized spacial score (nSPS) is 28.2. The van der Waals surface area contributed by atoms with Crippen LogP contribution in [0.5, 0.6) is 0 Å². The summed E-state index contributed by atoms with van der Waals surface area (Å²) in [5, 5.41) is 2.83. The summed E-state index contributed by atoms with van der Waals surface area (Å²) in [5.41, 5.74) is 3.28. The molecule has 0 spiro atoms. The number of rotatable bonds is 1. The molecule has 0 aromatic rings. The van der Waals surface area contributed by atoms with E-state index < -0.39 is 8.07 Å². The molecule has 1 aliphatic heterocycles. The summed E-state index contributed by atoms with van der Waals surface area (Å²) in [4.78, 5) is 11.4. The molecule has 1 amide bonds. The zero-order valence-corrected chi connectivity index (χ0v) is 11.6. The number of carbonyl (C=O) groups excluding carboxylic acids is 1. The van der Waals surface area contributed by atoms with Crippen molar-refractivity contribution >= 4 is 29.9 Å². The van der Waals surface area contributed by atoms with Gasteiger partial charge in [0.15, 0.2) is 0 Å². The van der Waals surface area contributed by atoms with E-state index in [0.717, 1.165) is 0 Å². The van der Waals surface area contributed by atoms with Gasteiger partial charge in [-0.2, -0.15) is 0 Å². The van der Waals surface area contributed by atoms with Crippen molar-refractivity contribution in [3.63, 3.8) is 0 Å². The van der Waals surface area contributed by atoms with E-state index in [-0.39, 0.29) is 22.7 Å². The molecule has 1 fully saturated rings. The smallest absolute Gasteiger partial charge is 0.228 e. The fraction of sp³-hybridized carbons (Fsp3) is 0.700. The maximum Gasteiger partial charge on any atom is 0.228 e. The molecule has 2 nitrogen and oxygen atoms in total. The van der Waals surface area contributed by atoms with Gasteiger partial charge in [0.2, 0.25) is 5.91 Å². The maximum atomic E-state index is 11.2. The molecule has 1 rings (SSSR count). The van der Waals surface area contributed by atoms with Crippen molar-refractivity contribution < 1.29 is 4.79 Å². The van der Waals surface area contributed by atoms with Gasteiger partial charge < -0.3 is 5.32 Å². The summed E-state index contributed by atoms with van der Waals surface area (Å²) < 4.78 is 0. The average molecular weight is 274 g/mol. The minimum Gasteiger partial charge on any atom is -0.341 e. The van der Waals surface area contributed by atoms with Crippen LogP contribution in [0, 0.1) is 17.4 Å². The lowest BCUT2D eigenvalue weighted by molar-refractivity contribution is -0.132. The van der Waals surface area contributed by atoms with Crippen molar-refractivity contribution in [2.75, 3.05) is 0 Å². The molecule has 0 aromatic carbocycles. The molecular formula is C10H16BrNOSi. The second kappa shape index (κ2) is 4.07. The summed E-state index contributed by atoms with van der Waals surface area (Å²) in [7, 11) is -1.32. The SMILES string of the molecule is CC(Br)[C@@H]1C(=O)N[C@@H]1C#C[Si](C)(C)C. The molecule has 4 heteroatoms. The summed E-state index contributed by atoms with van der Waals surface area (Å²) in [6.45, 7) is 8.60. The predicted octanol–water partition coefficient (Wildman–Crippen LogP) is 1.77. The molecular weight excluding hydrogens is 258 g/mol. The van der Waals surface area contributed by atoms with Crippen LogP contribution in [0.2, 0.25) is 19.6 Å². The number of nitrogens with one attached hydrogen (secondary N) is 1. The van der Waals surface area contributed by atoms with E-state index in [4.69, 9.17) is 0 Å². The van der Waals surface area contributed by atoms with Crippen LogP contribution in [0.15, 0.2) is 0 Å². The van der Waals surface area contributed by atoms with Crippen LogP contribution in [-0.2, 0) is 4.79 Å². The van der Waals surface area contributed by atoms with Gasteiger partial charge in [0, 0.05) is 4.83 Å². The van der Waals surface area contributed by atoms with Crippen molar-refractivity contribution in [2.24, 2.45) is 5.92 Å². The summed E-state index contributed by atoms with van der Waals surface area (Å²) >= 11 is 3.44. The minimum absolute atomic E-state index is 0.0267. The molecule has 0 saturated carbocycles. The van der Waals surface area contributed by atoms with Crippen molar-refractivity contribution in [2.45, 2.75) is 37.4 Å².